The Balaban J connectivity index is 0.999. The Morgan fingerprint density at radius 1 is 0.964 bits per heavy atom. The Morgan fingerprint density at radius 2 is 1.69 bits per heavy atom. The number of pyridine rings is 1. The second-order valence-electron chi connectivity index (χ2n) is 15.7. The van der Waals surface area contributed by atoms with Crippen molar-refractivity contribution in [2.45, 2.75) is 81.4 Å². The van der Waals surface area contributed by atoms with Crippen molar-refractivity contribution in [3.63, 3.8) is 0 Å². The van der Waals surface area contributed by atoms with Crippen LogP contribution in [0.1, 0.15) is 79.3 Å². The minimum absolute atomic E-state index is 0.0245. The highest BCUT2D eigenvalue weighted by atomic mass is 16.2. The van der Waals surface area contributed by atoms with E-state index in [1.807, 2.05) is 37.3 Å². The van der Waals surface area contributed by atoms with Crippen LogP contribution in [0, 0.1) is 5.92 Å². The lowest BCUT2D eigenvalue weighted by molar-refractivity contribution is -0.121. The van der Waals surface area contributed by atoms with Crippen LogP contribution in [0.25, 0.3) is 11.1 Å². The maximum absolute atomic E-state index is 13.1. The molecule has 7 N–H and O–H groups in total. The van der Waals surface area contributed by atoms with Crippen LogP contribution in [0.15, 0.2) is 65.9 Å². The van der Waals surface area contributed by atoms with Gasteiger partial charge in [0, 0.05) is 55.0 Å². The van der Waals surface area contributed by atoms with Gasteiger partial charge in [-0.15, -0.1) is 0 Å². The molecule has 8 rings (SSSR count). The number of carbonyl (C=O) groups excluding carboxylic acids is 3. The second-order valence-corrected chi connectivity index (χ2v) is 15.7. The number of nitrogens with two attached hydrogens (primary N) is 2. The lowest BCUT2D eigenvalue weighted by atomic mass is 9.58. The number of fused-ring (bicyclic) bond motifs is 3. The molecule has 2 aromatic heterocycles. The number of likely N-dealkylation sites (tertiary alicyclic amines) is 1. The van der Waals surface area contributed by atoms with Crippen LogP contribution in [0.5, 0.6) is 0 Å². The van der Waals surface area contributed by atoms with Crippen LogP contribution in [0.2, 0.25) is 0 Å². The number of nitrogens with one attached hydrogen (secondary N) is 3. The number of carbonyl (C=O) groups is 3. The van der Waals surface area contributed by atoms with E-state index in [9.17, 15) is 14.4 Å². The van der Waals surface area contributed by atoms with Crippen molar-refractivity contribution in [3.8, 4) is 11.1 Å². The van der Waals surface area contributed by atoms with Crippen LogP contribution < -0.4 is 32.3 Å². The SMILES string of the molecule is [B]C([B])(c1cccc(C(=O)N(C)C2CC2)n1)N1CCC(n2ncc3c2CN(C)c2c(NC(/C=C(\N)NC(=O)C4CC4)=C(/N)C(=O)NC4CC4)cccc2-3)CC1. The molecule has 16 heteroatoms. The molecule has 3 aromatic rings. The third kappa shape index (κ3) is 7.56. The van der Waals surface area contributed by atoms with Gasteiger partial charge in [0.05, 0.1) is 57.2 Å². The summed E-state index contributed by atoms with van der Waals surface area (Å²) in [6.45, 7) is 1.83. The molecule has 55 heavy (non-hydrogen) atoms. The van der Waals surface area contributed by atoms with Gasteiger partial charge >= 0.3 is 0 Å². The molecule has 3 amide bonds. The topological polar surface area (TPSA) is 180 Å². The van der Waals surface area contributed by atoms with Gasteiger partial charge < -0.3 is 42.1 Å². The smallest absolute Gasteiger partial charge is 0.272 e. The van der Waals surface area contributed by atoms with Gasteiger partial charge in [-0.1, -0.05) is 18.2 Å². The van der Waals surface area contributed by atoms with Gasteiger partial charge in [0.25, 0.3) is 11.8 Å². The number of hydrogen-bond donors (Lipinski definition) is 5. The molecule has 0 unspecified atom stereocenters. The first-order valence-corrected chi connectivity index (χ1v) is 19.2. The third-order valence-electron chi connectivity index (χ3n) is 11.4. The third-order valence-corrected chi connectivity index (χ3v) is 11.4. The summed E-state index contributed by atoms with van der Waals surface area (Å²) < 4.78 is 2.13. The zero-order valence-electron chi connectivity index (χ0n) is 31.4. The number of anilines is 2. The van der Waals surface area contributed by atoms with Crippen LogP contribution in [-0.2, 0) is 21.5 Å². The summed E-state index contributed by atoms with van der Waals surface area (Å²) >= 11 is 0. The van der Waals surface area contributed by atoms with Gasteiger partial charge in [0.1, 0.15) is 17.2 Å². The number of hydrogen-bond acceptors (Lipinski definition) is 10. The van der Waals surface area contributed by atoms with Crippen molar-refractivity contribution in [1.29, 1.82) is 0 Å². The van der Waals surface area contributed by atoms with Gasteiger partial charge in [-0.2, -0.15) is 5.10 Å². The molecule has 3 saturated carbocycles. The summed E-state index contributed by atoms with van der Waals surface area (Å²) in [6, 6.07) is 11.7. The minimum Gasteiger partial charge on any atom is -0.393 e. The maximum Gasteiger partial charge on any atom is 0.272 e. The van der Waals surface area contributed by atoms with Crippen molar-refractivity contribution in [1.82, 2.24) is 35.2 Å². The van der Waals surface area contributed by atoms with E-state index >= 15 is 0 Å². The van der Waals surface area contributed by atoms with Crippen molar-refractivity contribution in [2.24, 2.45) is 17.4 Å². The van der Waals surface area contributed by atoms with Crippen LogP contribution in [-0.4, -0.2) is 97.2 Å². The first-order chi connectivity index (χ1) is 26.4. The van der Waals surface area contributed by atoms with E-state index < -0.39 is 11.2 Å². The number of para-hydroxylation sites is 1. The minimum atomic E-state index is -1.34. The molecule has 282 valence electrons. The number of benzene rings is 1. The maximum atomic E-state index is 13.1. The first kappa shape index (κ1) is 36.7. The number of allylic oxidation sites excluding steroid dienone is 1. The van der Waals surface area contributed by atoms with E-state index in [1.165, 1.54) is 6.08 Å². The van der Waals surface area contributed by atoms with Gasteiger partial charge in [0.2, 0.25) is 5.91 Å². The van der Waals surface area contributed by atoms with E-state index in [2.05, 4.69) is 36.6 Å². The van der Waals surface area contributed by atoms with E-state index in [1.54, 1.807) is 23.1 Å². The van der Waals surface area contributed by atoms with Gasteiger partial charge in [-0.05, 0) is 88.0 Å². The molecule has 1 aromatic carbocycles. The van der Waals surface area contributed by atoms with Crippen molar-refractivity contribution >= 4 is 44.8 Å². The Hall–Kier alpha value is -5.24. The molecular weight excluding hydrogens is 692 g/mol. The summed E-state index contributed by atoms with van der Waals surface area (Å²) in [7, 11) is 17.4. The fourth-order valence-corrected chi connectivity index (χ4v) is 7.61. The largest absolute Gasteiger partial charge is 0.393 e. The predicted molar refractivity (Wildman–Crippen MR) is 211 cm³/mol. The summed E-state index contributed by atoms with van der Waals surface area (Å²) in [5, 5.41) is 12.6. The summed E-state index contributed by atoms with van der Waals surface area (Å²) in [4.78, 5) is 49.1. The fourth-order valence-electron chi connectivity index (χ4n) is 7.61. The molecule has 0 spiro atoms. The lowest BCUT2D eigenvalue weighted by Gasteiger charge is -2.44. The zero-order chi connectivity index (χ0) is 38.6. The molecular formula is C39H47B2N11O3. The molecule has 4 radical (unpaired) electrons. The number of nitrogens with zero attached hydrogens (tertiary/aromatic N) is 6. The van der Waals surface area contributed by atoms with Crippen molar-refractivity contribution < 1.29 is 14.4 Å². The predicted octanol–water partition coefficient (Wildman–Crippen LogP) is 2.10. The van der Waals surface area contributed by atoms with E-state index in [-0.39, 0.29) is 53.1 Å². The molecule has 3 aliphatic carbocycles. The highest BCUT2D eigenvalue weighted by Crippen LogP contribution is 2.45. The van der Waals surface area contributed by atoms with E-state index in [0.717, 1.165) is 79.6 Å². The monoisotopic (exact) mass is 739 g/mol. The molecule has 4 heterocycles. The van der Waals surface area contributed by atoms with Gasteiger partial charge in [-0.3, -0.25) is 19.1 Å². The first-order valence-electron chi connectivity index (χ1n) is 19.2. The Morgan fingerprint density at radius 3 is 2.38 bits per heavy atom. The number of rotatable bonds is 12. The highest BCUT2D eigenvalue weighted by molar-refractivity contribution is 6.39. The van der Waals surface area contributed by atoms with Crippen molar-refractivity contribution in [2.75, 3.05) is 37.4 Å². The Kier molecular flexibility index (Phi) is 9.64. The molecule has 1 saturated heterocycles. The van der Waals surface area contributed by atoms with Crippen LogP contribution in [0.4, 0.5) is 11.4 Å². The lowest BCUT2D eigenvalue weighted by Crippen LogP contribution is -2.51. The van der Waals surface area contributed by atoms with E-state index in [4.69, 9.17) is 32.3 Å². The second kappa shape index (κ2) is 14.4. The molecule has 0 atom stereocenters. The number of amides is 3. The standard InChI is InChI=1S/C39H47B2N11O3/c1-49-21-31-27(20-44-52(31)25-15-17-51(18-16-25)39(40,41)32-8-4-7-29(47-32)38(55)50(2)24-13-14-24)26-5-3-6-28(35(26)49)46-30(34(43)37(54)45-23-11-12-23)19-33(42)48-36(53)22-9-10-22/h3-8,19-20,22-25,46H,9-18,21,42-43H2,1-2H3,(H,45,54)(H,48,53)/b33-19+,34-30+. The quantitative estimate of drug-likeness (QED) is 0.105. The van der Waals surface area contributed by atoms with Crippen molar-refractivity contribution in [3.05, 3.63) is 83.0 Å². The van der Waals surface area contributed by atoms with Crippen LogP contribution in [0.3, 0.4) is 0 Å². The molecule has 2 aliphatic heterocycles. The summed E-state index contributed by atoms with van der Waals surface area (Å²) in [5.41, 5.74) is 18.5. The molecule has 14 nitrogen and oxygen atoms in total. The number of piperidine rings is 1. The zero-order valence-corrected chi connectivity index (χ0v) is 31.4. The summed E-state index contributed by atoms with van der Waals surface area (Å²) in [6.07, 6.45) is 10.5. The normalized spacial score (nSPS) is 19.5. The van der Waals surface area contributed by atoms with Crippen LogP contribution >= 0.6 is 0 Å². The number of aromatic nitrogens is 3. The molecule has 4 fully saturated rings. The average molecular weight is 740 g/mol. The average Bonchev–Trinajstić information content (AvgIpc) is 4.03. The Bertz CT molecular complexity index is 2080. The fraction of sp³-hybridized carbons (Fsp3) is 0.462. The molecule has 5 aliphatic rings. The van der Waals surface area contributed by atoms with E-state index in [0.29, 0.717) is 31.0 Å². The molecule has 0 bridgehead atoms. The highest BCUT2D eigenvalue weighted by Gasteiger charge is 2.37. The summed E-state index contributed by atoms with van der Waals surface area (Å²) in [5.74, 6) is -0.587. The van der Waals surface area contributed by atoms with Gasteiger partial charge in [-0.25, -0.2) is 4.98 Å². The Labute approximate surface area is 323 Å². The van der Waals surface area contributed by atoms with Gasteiger partial charge in [0.15, 0.2) is 0 Å².